The van der Waals surface area contributed by atoms with Gasteiger partial charge in [-0.2, -0.15) is 5.10 Å². The van der Waals surface area contributed by atoms with E-state index in [-0.39, 0.29) is 12.6 Å². The molecule has 1 unspecified atom stereocenters. The molecule has 5 heteroatoms. The first-order valence-corrected chi connectivity index (χ1v) is 7.45. The van der Waals surface area contributed by atoms with Crippen LogP contribution in [-0.4, -0.2) is 26.6 Å². The number of hydrogen-bond donors (Lipinski definition) is 3. The van der Waals surface area contributed by atoms with Crippen molar-refractivity contribution >= 4 is 0 Å². The molecule has 0 fully saturated rings. The van der Waals surface area contributed by atoms with E-state index in [0.717, 1.165) is 24.8 Å². The third-order valence-corrected chi connectivity index (χ3v) is 4.11. The van der Waals surface area contributed by atoms with Crippen LogP contribution in [0.1, 0.15) is 35.7 Å². The highest BCUT2D eigenvalue weighted by Crippen LogP contribution is 2.30. The standard InChI is InChI=1S/C16H21N3O2/c20-9-8-19-15-6-3-5-14(13(15)11-18-19)17-10-12-4-1-2-7-16(12)21/h1-2,4,7,11,14,17,20-21H,3,5-6,8-10H2. The maximum Gasteiger partial charge on any atom is 0.120 e. The van der Waals surface area contributed by atoms with Crippen molar-refractivity contribution in [2.75, 3.05) is 6.61 Å². The summed E-state index contributed by atoms with van der Waals surface area (Å²) in [5.41, 5.74) is 3.36. The third kappa shape index (κ3) is 2.94. The van der Waals surface area contributed by atoms with Crippen LogP contribution in [0.3, 0.4) is 0 Å². The molecule has 0 spiro atoms. The van der Waals surface area contributed by atoms with Crippen LogP contribution in [0.4, 0.5) is 0 Å². The Labute approximate surface area is 124 Å². The summed E-state index contributed by atoms with van der Waals surface area (Å²) in [4.78, 5) is 0. The predicted octanol–water partition coefficient (Wildman–Crippen LogP) is 1.75. The third-order valence-electron chi connectivity index (χ3n) is 4.11. The molecular weight excluding hydrogens is 266 g/mol. The molecule has 0 aliphatic heterocycles. The van der Waals surface area contributed by atoms with Gasteiger partial charge in [-0.1, -0.05) is 18.2 Å². The van der Waals surface area contributed by atoms with Gasteiger partial charge in [0.25, 0.3) is 0 Å². The maximum atomic E-state index is 9.83. The lowest BCUT2D eigenvalue weighted by atomic mass is 9.92. The highest BCUT2D eigenvalue weighted by Gasteiger charge is 2.23. The van der Waals surface area contributed by atoms with Gasteiger partial charge < -0.3 is 15.5 Å². The molecule has 112 valence electrons. The van der Waals surface area contributed by atoms with Crippen molar-refractivity contribution in [1.29, 1.82) is 0 Å². The van der Waals surface area contributed by atoms with Gasteiger partial charge in [0, 0.05) is 29.4 Å². The Morgan fingerprint density at radius 1 is 1.33 bits per heavy atom. The average Bonchev–Trinajstić information content (AvgIpc) is 2.91. The molecule has 0 saturated carbocycles. The summed E-state index contributed by atoms with van der Waals surface area (Å²) in [6.07, 6.45) is 5.12. The van der Waals surface area contributed by atoms with Gasteiger partial charge in [-0.05, 0) is 25.3 Å². The molecule has 21 heavy (non-hydrogen) atoms. The monoisotopic (exact) mass is 287 g/mol. The van der Waals surface area contributed by atoms with Gasteiger partial charge in [-0.3, -0.25) is 4.68 Å². The number of fused-ring (bicyclic) bond motifs is 1. The summed E-state index contributed by atoms with van der Waals surface area (Å²) in [7, 11) is 0. The zero-order valence-corrected chi connectivity index (χ0v) is 12.0. The number of aliphatic hydroxyl groups is 1. The molecule has 1 aromatic carbocycles. The molecule has 0 bridgehead atoms. The van der Waals surface area contributed by atoms with Crippen LogP contribution in [0.25, 0.3) is 0 Å². The number of benzene rings is 1. The van der Waals surface area contributed by atoms with Gasteiger partial charge in [0.15, 0.2) is 0 Å². The second-order valence-electron chi connectivity index (χ2n) is 5.45. The van der Waals surface area contributed by atoms with Crippen molar-refractivity contribution in [3.05, 3.63) is 47.3 Å². The first-order chi connectivity index (χ1) is 10.3. The second kappa shape index (κ2) is 6.28. The average molecular weight is 287 g/mol. The van der Waals surface area contributed by atoms with Crippen molar-refractivity contribution in [2.24, 2.45) is 0 Å². The van der Waals surface area contributed by atoms with E-state index in [1.54, 1.807) is 6.07 Å². The Balaban J connectivity index is 1.72. The van der Waals surface area contributed by atoms with Crippen molar-refractivity contribution in [3.63, 3.8) is 0 Å². The zero-order chi connectivity index (χ0) is 14.7. The first-order valence-electron chi connectivity index (χ1n) is 7.45. The number of nitrogens with one attached hydrogen (secondary N) is 1. The number of para-hydroxylation sites is 1. The minimum atomic E-state index is 0.115. The lowest BCUT2D eigenvalue weighted by molar-refractivity contribution is 0.266. The molecule has 2 aromatic rings. The fourth-order valence-electron chi connectivity index (χ4n) is 3.01. The van der Waals surface area contributed by atoms with Gasteiger partial charge in [0.1, 0.15) is 5.75 Å². The van der Waals surface area contributed by atoms with Crippen molar-refractivity contribution < 1.29 is 10.2 Å². The van der Waals surface area contributed by atoms with Gasteiger partial charge >= 0.3 is 0 Å². The van der Waals surface area contributed by atoms with Crippen LogP contribution in [0.5, 0.6) is 5.75 Å². The molecule has 5 nitrogen and oxygen atoms in total. The van der Waals surface area contributed by atoms with Crippen LogP contribution in [0.15, 0.2) is 30.5 Å². The second-order valence-corrected chi connectivity index (χ2v) is 5.45. The largest absolute Gasteiger partial charge is 0.508 e. The van der Waals surface area contributed by atoms with E-state index in [9.17, 15) is 5.11 Å². The Kier molecular flexibility index (Phi) is 4.22. The minimum Gasteiger partial charge on any atom is -0.508 e. The first kappa shape index (κ1) is 14.1. The Morgan fingerprint density at radius 3 is 3.00 bits per heavy atom. The molecule has 1 aromatic heterocycles. The quantitative estimate of drug-likeness (QED) is 0.783. The molecule has 0 amide bonds. The molecule has 3 rings (SSSR count). The van der Waals surface area contributed by atoms with Gasteiger partial charge in [0.2, 0.25) is 0 Å². The highest BCUT2D eigenvalue weighted by atomic mass is 16.3. The van der Waals surface area contributed by atoms with Crippen LogP contribution < -0.4 is 5.32 Å². The van der Waals surface area contributed by atoms with E-state index in [1.165, 1.54) is 11.3 Å². The predicted molar refractivity (Wildman–Crippen MR) is 79.9 cm³/mol. The smallest absolute Gasteiger partial charge is 0.120 e. The molecule has 1 aliphatic carbocycles. The van der Waals surface area contributed by atoms with Gasteiger partial charge in [-0.15, -0.1) is 0 Å². The maximum absolute atomic E-state index is 9.83. The fourth-order valence-corrected chi connectivity index (χ4v) is 3.01. The van der Waals surface area contributed by atoms with Gasteiger partial charge in [0.05, 0.1) is 19.3 Å². The summed E-state index contributed by atoms with van der Waals surface area (Å²) in [6.45, 7) is 1.31. The van der Waals surface area contributed by atoms with Crippen LogP contribution >= 0.6 is 0 Å². The summed E-state index contributed by atoms with van der Waals surface area (Å²) in [5, 5.41) is 26.8. The fraction of sp³-hybridized carbons (Fsp3) is 0.438. The minimum absolute atomic E-state index is 0.115. The molecule has 0 saturated heterocycles. The lowest BCUT2D eigenvalue weighted by Gasteiger charge is -2.24. The van der Waals surface area contributed by atoms with Crippen LogP contribution in [-0.2, 0) is 19.5 Å². The molecule has 1 heterocycles. The summed E-state index contributed by atoms with van der Waals surface area (Å²) < 4.78 is 1.91. The number of rotatable bonds is 5. The number of phenolic OH excluding ortho intramolecular Hbond substituents is 1. The Bertz CT molecular complexity index is 609. The van der Waals surface area contributed by atoms with E-state index in [0.29, 0.717) is 18.8 Å². The number of aromatic nitrogens is 2. The zero-order valence-electron chi connectivity index (χ0n) is 12.0. The molecule has 3 N–H and O–H groups in total. The van der Waals surface area contributed by atoms with Crippen LogP contribution in [0, 0.1) is 0 Å². The SMILES string of the molecule is OCCn1ncc2c1CCCC2NCc1ccccc1O. The van der Waals surface area contributed by atoms with Crippen molar-refractivity contribution in [1.82, 2.24) is 15.1 Å². The summed E-state index contributed by atoms with van der Waals surface area (Å²) >= 11 is 0. The van der Waals surface area contributed by atoms with E-state index < -0.39 is 0 Å². The van der Waals surface area contributed by atoms with E-state index in [1.807, 2.05) is 29.1 Å². The van der Waals surface area contributed by atoms with E-state index in [2.05, 4.69) is 10.4 Å². The normalized spacial score (nSPS) is 17.7. The lowest BCUT2D eigenvalue weighted by Crippen LogP contribution is -2.25. The molecular formula is C16H21N3O2. The number of aliphatic hydroxyl groups excluding tert-OH is 1. The molecule has 1 atom stereocenters. The number of hydrogen-bond acceptors (Lipinski definition) is 4. The van der Waals surface area contributed by atoms with E-state index >= 15 is 0 Å². The molecule has 1 aliphatic rings. The summed E-state index contributed by atoms with van der Waals surface area (Å²) in [6, 6.07) is 7.67. The van der Waals surface area contributed by atoms with E-state index in [4.69, 9.17) is 5.11 Å². The van der Waals surface area contributed by atoms with Crippen molar-refractivity contribution in [2.45, 2.75) is 38.4 Å². The number of aromatic hydroxyl groups is 1. The number of nitrogens with zero attached hydrogens (tertiary/aromatic N) is 2. The highest BCUT2D eigenvalue weighted by molar-refractivity contribution is 5.32. The van der Waals surface area contributed by atoms with Crippen molar-refractivity contribution in [3.8, 4) is 5.75 Å². The number of phenols is 1. The summed E-state index contributed by atoms with van der Waals surface area (Å²) in [5.74, 6) is 0.331. The Hall–Kier alpha value is -1.85. The van der Waals surface area contributed by atoms with Crippen LogP contribution in [0.2, 0.25) is 0 Å². The molecule has 0 radical (unpaired) electrons. The van der Waals surface area contributed by atoms with Gasteiger partial charge in [-0.25, -0.2) is 0 Å². The topological polar surface area (TPSA) is 70.3 Å². The Morgan fingerprint density at radius 2 is 2.19 bits per heavy atom.